The van der Waals surface area contributed by atoms with Gasteiger partial charge in [-0.3, -0.25) is 0 Å². The molecule has 0 amide bonds. The molecule has 1 N–H and O–H groups in total. The number of nitrogens with one attached hydrogen (secondary N) is 1. The van der Waals surface area contributed by atoms with Gasteiger partial charge in [-0.15, -0.1) is 0 Å². The molecule has 0 radical (unpaired) electrons. The molecular formula is C15H29N3. The Morgan fingerprint density at radius 1 is 1.28 bits per heavy atom. The van der Waals surface area contributed by atoms with Crippen LogP contribution in [0.1, 0.15) is 46.0 Å². The highest BCUT2D eigenvalue weighted by molar-refractivity contribution is 4.91. The van der Waals surface area contributed by atoms with E-state index >= 15 is 0 Å². The van der Waals surface area contributed by atoms with Crippen LogP contribution in [0.2, 0.25) is 0 Å². The number of piperidine rings is 1. The zero-order chi connectivity index (χ0) is 13.4. The Morgan fingerprint density at radius 3 is 2.56 bits per heavy atom. The van der Waals surface area contributed by atoms with Crippen LogP contribution in [-0.4, -0.2) is 38.1 Å². The minimum Gasteiger partial charge on any atom is -0.316 e. The molecule has 0 unspecified atom stereocenters. The third kappa shape index (κ3) is 6.37. The van der Waals surface area contributed by atoms with Crippen molar-refractivity contribution in [1.29, 1.82) is 5.26 Å². The minimum atomic E-state index is -0.145. The Labute approximate surface area is 113 Å². The van der Waals surface area contributed by atoms with Crippen molar-refractivity contribution in [2.75, 3.05) is 33.2 Å². The fraction of sp³-hybridized carbons (Fsp3) is 0.933. The molecule has 1 aliphatic heterocycles. The summed E-state index contributed by atoms with van der Waals surface area (Å²) in [6, 6.07) is 2.36. The predicted molar refractivity (Wildman–Crippen MR) is 76.3 cm³/mol. The number of unbranched alkanes of at least 4 members (excludes halogenated alkanes) is 1. The molecule has 3 heteroatoms. The maximum Gasteiger partial charge on any atom is 0.0683 e. The number of rotatable bonds is 7. The fourth-order valence-corrected chi connectivity index (χ4v) is 2.45. The largest absolute Gasteiger partial charge is 0.316 e. The first-order valence-electron chi connectivity index (χ1n) is 7.34. The fourth-order valence-electron chi connectivity index (χ4n) is 2.45. The lowest BCUT2D eigenvalue weighted by atomic mass is 9.89. The lowest BCUT2D eigenvalue weighted by molar-refractivity contribution is 0.216. The molecule has 0 aromatic heterocycles. The summed E-state index contributed by atoms with van der Waals surface area (Å²) in [5.41, 5.74) is -0.145. The van der Waals surface area contributed by atoms with Gasteiger partial charge in [0.25, 0.3) is 0 Å². The standard InChI is InChI=1S/C15H29N3/c1-15(2,13-16)8-4-5-9-17-12-14-6-10-18(3)11-7-14/h14,17H,4-12H2,1-3H3. The molecule has 0 aliphatic carbocycles. The first-order chi connectivity index (χ1) is 8.53. The first-order valence-corrected chi connectivity index (χ1v) is 7.34. The van der Waals surface area contributed by atoms with E-state index in [1.807, 2.05) is 13.8 Å². The third-order valence-electron chi connectivity index (χ3n) is 3.98. The highest BCUT2D eigenvalue weighted by Crippen LogP contribution is 2.21. The van der Waals surface area contributed by atoms with Crippen molar-refractivity contribution < 1.29 is 0 Å². The molecule has 1 heterocycles. The van der Waals surface area contributed by atoms with E-state index in [1.165, 1.54) is 38.9 Å². The van der Waals surface area contributed by atoms with Crippen LogP contribution in [0.15, 0.2) is 0 Å². The van der Waals surface area contributed by atoms with Crippen molar-refractivity contribution in [1.82, 2.24) is 10.2 Å². The van der Waals surface area contributed by atoms with E-state index in [2.05, 4.69) is 23.3 Å². The second-order valence-electron chi connectivity index (χ2n) is 6.40. The van der Waals surface area contributed by atoms with Crippen LogP contribution in [0.3, 0.4) is 0 Å². The van der Waals surface area contributed by atoms with Crippen LogP contribution in [-0.2, 0) is 0 Å². The Balaban J connectivity index is 1.95. The number of hydrogen-bond donors (Lipinski definition) is 1. The molecule has 0 spiro atoms. The predicted octanol–water partition coefficient (Wildman–Crippen LogP) is 2.64. The van der Waals surface area contributed by atoms with Crippen LogP contribution in [0.4, 0.5) is 0 Å². The van der Waals surface area contributed by atoms with Crippen LogP contribution >= 0.6 is 0 Å². The lowest BCUT2D eigenvalue weighted by Crippen LogP contribution is -2.35. The number of nitrogens with zero attached hydrogens (tertiary/aromatic N) is 2. The number of likely N-dealkylation sites (tertiary alicyclic amines) is 1. The van der Waals surface area contributed by atoms with Gasteiger partial charge >= 0.3 is 0 Å². The van der Waals surface area contributed by atoms with Crippen molar-refractivity contribution in [2.45, 2.75) is 46.0 Å². The van der Waals surface area contributed by atoms with Gasteiger partial charge in [-0.25, -0.2) is 0 Å². The smallest absolute Gasteiger partial charge is 0.0683 e. The molecule has 1 fully saturated rings. The van der Waals surface area contributed by atoms with E-state index in [1.54, 1.807) is 0 Å². The van der Waals surface area contributed by atoms with E-state index in [-0.39, 0.29) is 5.41 Å². The summed E-state index contributed by atoms with van der Waals surface area (Å²) >= 11 is 0. The lowest BCUT2D eigenvalue weighted by Gasteiger charge is -2.29. The second kappa shape index (κ2) is 7.76. The minimum absolute atomic E-state index is 0.145. The van der Waals surface area contributed by atoms with Crippen molar-refractivity contribution in [3.8, 4) is 6.07 Å². The van der Waals surface area contributed by atoms with E-state index in [9.17, 15) is 0 Å². The van der Waals surface area contributed by atoms with E-state index in [0.717, 1.165) is 25.3 Å². The summed E-state index contributed by atoms with van der Waals surface area (Å²) in [4.78, 5) is 2.42. The quantitative estimate of drug-likeness (QED) is 0.707. The normalized spacial score (nSPS) is 18.8. The molecule has 1 saturated heterocycles. The second-order valence-corrected chi connectivity index (χ2v) is 6.40. The average molecular weight is 251 g/mol. The Kier molecular flexibility index (Phi) is 6.67. The van der Waals surface area contributed by atoms with Gasteiger partial charge in [0.15, 0.2) is 0 Å². The molecule has 3 nitrogen and oxygen atoms in total. The molecular weight excluding hydrogens is 222 g/mol. The SMILES string of the molecule is CN1CCC(CNCCCCC(C)(C)C#N)CC1. The van der Waals surface area contributed by atoms with Gasteiger partial charge in [0.1, 0.15) is 0 Å². The molecule has 0 aromatic rings. The van der Waals surface area contributed by atoms with Gasteiger partial charge in [-0.2, -0.15) is 5.26 Å². The molecule has 0 bridgehead atoms. The molecule has 1 rings (SSSR count). The summed E-state index contributed by atoms with van der Waals surface area (Å²) in [5.74, 6) is 0.872. The molecule has 1 aliphatic rings. The topological polar surface area (TPSA) is 39.1 Å². The maximum absolute atomic E-state index is 8.92. The van der Waals surface area contributed by atoms with Gasteiger partial charge in [0.2, 0.25) is 0 Å². The Morgan fingerprint density at radius 2 is 1.94 bits per heavy atom. The van der Waals surface area contributed by atoms with Crippen LogP contribution in [0.25, 0.3) is 0 Å². The molecule has 104 valence electrons. The third-order valence-corrected chi connectivity index (χ3v) is 3.98. The number of hydrogen-bond acceptors (Lipinski definition) is 3. The van der Waals surface area contributed by atoms with Gasteiger partial charge in [0.05, 0.1) is 11.5 Å². The van der Waals surface area contributed by atoms with Gasteiger partial charge in [0, 0.05) is 0 Å². The Bertz CT molecular complexity index is 259. The molecule has 0 aromatic carbocycles. The van der Waals surface area contributed by atoms with Crippen molar-refractivity contribution >= 4 is 0 Å². The van der Waals surface area contributed by atoms with Gasteiger partial charge < -0.3 is 10.2 Å². The van der Waals surface area contributed by atoms with E-state index in [0.29, 0.717) is 0 Å². The Hall–Kier alpha value is -0.590. The summed E-state index contributed by atoms with van der Waals surface area (Å²) in [7, 11) is 2.21. The molecule has 18 heavy (non-hydrogen) atoms. The van der Waals surface area contributed by atoms with Crippen molar-refractivity contribution in [3.63, 3.8) is 0 Å². The average Bonchev–Trinajstić information content (AvgIpc) is 2.36. The summed E-state index contributed by atoms with van der Waals surface area (Å²) in [6.45, 7) is 8.84. The zero-order valence-electron chi connectivity index (χ0n) is 12.3. The van der Waals surface area contributed by atoms with Crippen LogP contribution in [0, 0.1) is 22.7 Å². The molecule has 0 atom stereocenters. The van der Waals surface area contributed by atoms with Crippen molar-refractivity contribution in [3.05, 3.63) is 0 Å². The van der Waals surface area contributed by atoms with Crippen LogP contribution < -0.4 is 5.32 Å². The summed E-state index contributed by atoms with van der Waals surface area (Å²) < 4.78 is 0. The number of nitriles is 1. The highest BCUT2D eigenvalue weighted by Gasteiger charge is 2.16. The van der Waals surface area contributed by atoms with Gasteiger partial charge in [-0.05, 0) is 78.7 Å². The summed E-state index contributed by atoms with van der Waals surface area (Å²) in [6.07, 6.45) is 6.04. The van der Waals surface area contributed by atoms with Crippen LogP contribution in [0.5, 0.6) is 0 Å². The highest BCUT2D eigenvalue weighted by atomic mass is 15.1. The zero-order valence-corrected chi connectivity index (χ0v) is 12.3. The molecule has 0 saturated carbocycles. The first kappa shape index (κ1) is 15.5. The van der Waals surface area contributed by atoms with E-state index in [4.69, 9.17) is 5.26 Å². The van der Waals surface area contributed by atoms with Gasteiger partial charge in [-0.1, -0.05) is 6.42 Å². The summed E-state index contributed by atoms with van der Waals surface area (Å²) in [5, 5.41) is 12.5. The maximum atomic E-state index is 8.92. The van der Waals surface area contributed by atoms with Crippen molar-refractivity contribution in [2.24, 2.45) is 11.3 Å². The monoisotopic (exact) mass is 251 g/mol. The van der Waals surface area contributed by atoms with E-state index < -0.39 is 0 Å².